The van der Waals surface area contributed by atoms with Gasteiger partial charge in [-0.15, -0.1) is 0 Å². The third-order valence-corrected chi connectivity index (χ3v) is 2.24. The van der Waals surface area contributed by atoms with E-state index in [4.69, 9.17) is 11.6 Å². The molecule has 1 amide bonds. The maximum Gasteiger partial charge on any atom is 0.288 e. The van der Waals surface area contributed by atoms with Gasteiger partial charge in [0.1, 0.15) is 11.3 Å². The second kappa shape index (κ2) is 6.12. The topological polar surface area (TPSA) is 97.2 Å². The van der Waals surface area contributed by atoms with Crippen molar-refractivity contribution in [2.75, 3.05) is 20.1 Å². The number of nitro groups is 1. The minimum Gasteiger partial charge on any atom is -0.351 e. The number of pyridine rings is 1. The summed E-state index contributed by atoms with van der Waals surface area (Å²) in [6, 6.07) is 1.10. The van der Waals surface area contributed by atoms with E-state index in [0.717, 1.165) is 12.3 Å². The van der Waals surface area contributed by atoms with Crippen LogP contribution in [-0.4, -0.2) is 36.0 Å². The van der Waals surface area contributed by atoms with Crippen LogP contribution in [0.2, 0.25) is 5.15 Å². The first-order valence-electron chi connectivity index (χ1n) is 4.79. The maximum absolute atomic E-state index is 11.6. The SMILES string of the molecule is CNCCNC(=O)c1cc([N+](=O)[O-])cnc1Cl. The molecule has 7 nitrogen and oxygen atoms in total. The molecule has 0 spiro atoms. The van der Waals surface area contributed by atoms with Crippen molar-refractivity contribution in [2.24, 2.45) is 0 Å². The zero-order valence-corrected chi connectivity index (χ0v) is 9.82. The first-order chi connectivity index (χ1) is 8.06. The first-order valence-corrected chi connectivity index (χ1v) is 5.16. The highest BCUT2D eigenvalue weighted by Gasteiger charge is 2.16. The van der Waals surface area contributed by atoms with E-state index in [2.05, 4.69) is 15.6 Å². The van der Waals surface area contributed by atoms with Gasteiger partial charge in [-0.05, 0) is 7.05 Å². The van der Waals surface area contributed by atoms with Gasteiger partial charge >= 0.3 is 0 Å². The number of hydrogen-bond acceptors (Lipinski definition) is 5. The minimum absolute atomic E-state index is 0.00281. The van der Waals surface area contributed by atoms with Crippen LogP contribution in [0.5, 0.6) is 0 Å². The Hall–Kier alpha value is -1.73. The molecule has 92 valence electrons. The molecule has 1 aromatic heterocycles. The number of likely N-dealkylation sites (N-methyl/N-ethyl adjacent to an activating group) is 1. The predicted octanol–water partition coefficient (Wildman–Crippen LogP) is 0.592. The van der Waals surface area contributed by atoms with Crippen molar-refractivity contribution in [1.82, 2.24) is 15.6 Å². The molecule has 0 saturated heterocycles. The second-order valence-corrected chi connectivity index (χ2v) is 3.51. The van der Waals surface area contributed by atoms with Crippen molar-refractivity contribution in [2.45, 2.75) is 0 Å². The van der Waals surface area contributed by atoms with Crippen molar-refractivity contribution in [1.29, 1.82) is 0 Å². The number of carbonyl (C=O) groups is 1. The summed E-state index contributed by atoms with van der Waals surface area (Å²) in [5, 5.41) is 15.9. The van der Waals surface area contributed by atoms with Crippen LogP contribution < -0.4 is 10.6 Å². The van der Waals surface area contributed by atoms with Crippen molar-refractivity contribution in [3.05, 3.63) is 33.1 Å². The summed E-state index contributed by atoms with van der Waals surface area (Å²) in [5.41, 5.74) is -0.273. The van der Waals surface area contributed by atoms with E-state index in [-0.39, 0.29) is 16.4 Å². The molecule has 8 heteroatoms. The number of nitrogens with one attached hydrogen (secondary N) is 2. The highest BCUT2D eigenvalue weighted by atomic mass is 35.5. The van der Waals surface area contributed by atoms with Gasteiger partial charge in [-0.2, -0.15) is 0 Å². The molecule has 0 aliphatic rings. The Labute approximate surface area is 102 Å². The molecule has 17 heavy (non-hydrogen) atoms. The molecule has 0 saturated carbocycles. The fraction of sp³-hybridized carbons (Fsp3) is 0.333. The predicted molar refractivity (Wildman–Crippen MR) is 62.2 cm³/mol. The summed E-state index contributed by atoms with van der Waals surface area (Å²) in [4.78, 5) is 25.1. The molecule has 1 aromatic rings. The third kappa shape index (κ3) is 3.65. The number of halogens is 1. The van der Waals surface area contributed by atoms with E-state index < -0.39 is 10.8 Å². The van der Waals surface area contributed by atoms with Crippen LogP contribution in [0.1, 0.15) is 10.4 Å². The van der Waals surface area contributed by atoms with E-state index in [1.165, 1.54) is 0 Å². The molecular weight excluding hydrogens is 248 g/mol. The Bertz CT molecular complexity index is 438. The van der Waals surface area contributed by atoms with Gasteiger partial charge in [-0.25, -0.2) is 4.98 Å². The van der Waals surface area contributed by atoms with E-state index in [0.29, 0.717) is 13.1 Å². The molecular formula is C9H11ClN4O3. The van der Waals surface area contributed by atoms with Gasteiger partial charge in [-0.1, -0.05) is 11.6 Å². The standard InChI is InChI=1S/C9H11ClN4O3/c1-11-2-3-12-9(15)7-4-6(14(16)17)5-13-8(7)10/h4-5,11H,2-3H2,1H3,(H,12,15). The monoisotopic (exact) mass is 258 g/mol. The van der Waals surface area contributed by atoms with Crippen LogP contribution in [0.25, 0.3) is 0 Å². The number of aromatic nitrogens is 1. The van der Waals surface area contributed by atoms with Crippen LogP contribution in [0, 0.1) is 10.1 Å². The molecule has 0 aliphatic heterocycles. The van der Waals surface area contributed by atoms with Crippen LogP contribution >= 0.6 is 11.6 Å². The van der Waals surface area contributed by atoms with Crippen molar-refractivity contribution < 1.29 is 9.72 Å². The highest BCUT2D eigenvalue weighted by molar-refractivity contribution is 6.32. The average Bonchev–Trinajstić information content (AvgIpc) is 2.29. The van der Waals surface area contributed by atoms with Crippen LogP contribution in [0.4, 0.5) is 5.69 Å². The quantitative estimate of drug-likeness (QED) is 0.349. The van der Waals surface area contributed by atoms with Gasteiger partial charge < -0.3 is 10.6 Å². The largest absolute Gasteiger partial charge is 0.351 e. The minimum atomic E-state index is -0.631. The van der Waals surface area contributed by atoms with Gasteiger partial charge in [0.15, 0.2) is 0 Å². The Morgan fingerprint density at radius 2 is 2.29 bits per heavy atom. The molecule has 1 rings (SSSR count). The molecule has 0 fully saturated rings. The van der Waals surface area contributed by atoms with E-state index in [9.17, 15) is 14.9 Å². The Morgan fingerprint density at radius 3 is 2.88 bits per heavy atom. The second-order valence-electron chi connectivity index (χ2n) is 3.15. The van der Waals surface area contributed by atoms with E-state index in [1.54, 1.807) is 7.05 Å². The van der Waals surface area contributed by atoms with Crippen LogP contribution in [-0.2, 0) is 0 Å². The van der Waals surface area contributed by atoms with Gasteiger partial charge in [0, 0.05) is 19.2 Å². The zero-order chi connectivity index (χ0) is 12.8. The van der Waals surface area contributed by atoms with Gasteiger partial charge in [0.05, 0.1) is 10.5 Å². The lowest BCUT2D eigenvalue weighted by molar-refractivity contribution is -0.385. The number of carbonyl (C=O) groups excluding carboxylic acids is 1. The number of hydrogen-bond donors (Lipinski definition) is 2. The van der Waals surface area contributed by atoms with Crippen molar-refractivity contribution in [3.63, 3.8) is 0 Å². The van der Waals surface area contributed by atoms with Crippen LogP contribution in [0.3, 0.4) is 0 Å². The van der Waals surface area contributed by atoms with Gasteiger partial charge in [0.2, 0.25) is 0 Å². The molecule has 0 aliphatic carbocycles. The summed E-state index contributed by atoms with van der Waals surface area (Å²) in [5.74, 6) is -0.485. The zero-order valence-electron chi connectivity index (χ0n) is 9.07. The van der Waals surface area contributed by atoms with E-state index in [1.807, 2.05) is 0 Å². The smallest absolute Gasteiger partial charge is 0.288 e. The summed E-state index contributed by atoms with van der Waals surface area (Å²) in [7, 11) is 1.74. The number of rotatable bonds is 5. The molecule has 0 bridgehead atoms. The lowest BCUT2D eigenvalue weighted by Crippen LogP contribution is -2.30. The Balaban J connectivity index is 2.84. The van der Waals surface area contributed by atoms with Crippen molar-refractivity contribution in [3.8, 4) is 0 Å². The Morgan fingerprint density at radius 1 is 1.59 bits per heavy atom. The summed E-state index contributed by atoms with van der Waals surface area (Å²) in [6.45, 7) is 0.986. The van der Waals surface area contributed by atoms with Gasteiger partial charge in [-0.3, -0.25) is 14.9 Å². The van der Waals surface area contributed by atoms with E-state index >= 15 is 0 Å². The van der Waals surface area contributed by atoms with Crippen molar-refractivity contribution >= 4 is 23.2 Å². The molecule has 2 N–H and O–H groups in total. The highest BCUT2D eigenvalue weighted by Crippen LogP contribution is 2.18. The molecule has 0 radical (unpaired) electrons. The van der Waals surface area contributed by atoms with Crippen LogP contribution in [0.15, 0.2) is 12.3 Å². The maximum atomic E-state index is 11.6. The fourth-order valence-electron chi connectivity index (χ4n) is 1.09. The summed E-state index contributed by atoms with van der Waals surface area (Å²) < 4.78 is 0. The number of nitrogens with zero attached hydrogens (tertiary/aromatic N) is 2. The lowest BCUT2D eigenvalue weighted by atomic mass is 10.2. The first kappa shape index (κ1) is 13.3. The number of amides is 1. The normalized spacial score (nSPS) is 10.0. The molecule has 0 aromatic carbocycles. The Kier molecular flexibility index (Phi) is 4.80. The molecule has 0 atom stereocenters. The summed E-state index contributed by atoms with van der Waals surface area (Å²) in [6.07, 6.45) is 1.01. The molecule has 1 heterocycles. The lowest BCUT2D eigenvalue weighted by Gasteiger charge is -2.05. The van der Waals surface area contributed by atoms with Gasteiger partial charge in [0.25, 0.3) is 11.6 Å². The average molecular weight is 259 g/mol. The third-order valence-electron chi connectivity index (χ3n) is 1.94. The molecule has 0 unspecified atom stereocenters. The summed E-state index contributed by atoms with van der Waals surface area (Å²) >= 11 is 5.70. The fourth-order valence-corrected chi connectivity index (χ4v) is 1.28.